The first-order valence-electron chi connectivity index (χ1n) is 15.9. The molecule has 2 aliphatic carbocycles. The van der Waals surface area contributed by atoms with Crippen LogP contribution in [0.25, 0.3) is 0 Å². The number of β-amino-alcohol motifs (C(OH)–C–C–N with tert-alkyl or cyclic N) is 2. The Kier molecular flexibility index (Phi) is 10.3. The van der Waals surface area contributed by atoms with Gasteiger partial charge in [-0.2, -0.15) is 0 Å². The van der Waals surface area contributed by atoms with Gasteiger partial charge in [0.15, 0.2) is 0 Å². The molecule has 4 N–H and O–H groups in total. The summed E-state index contributed by atoms with van der Waals surface area (Å²) in [6.45, 7) is 4.68. The van der Waals surface area contributed by atoms with Gasteiger partial charge in [-0.3, -0.25) is 4.90 Å². The van der Waals surface area contributed by atoms with Crippen molar-refractivity contribution in [2.75, 3.05) is 52.5 Å². The molecule has 2 spiro atoms. The van der Waals surface area contributed by atoms with E-state index in [2.05, 4.69) is 9.80 Å². The fourth-order valence-corrected chi connectivity index (χ4v) is 7.18. The quantitative estimate of drug-likeness (QED) is 0.268. The molecule has 5 rings (SSSR count). The van der Waals surface area contributed by atoms with E-state index in [1.807, 2.05) is 30.3 Å². The summed E-state index contributed by atoms with van der Waals surface area (Å²) in [6, 6.07) is 8.60. The van der Waals surface area contributed by atoms with Gasteiger partial charge in [0.25, 0.3) is 0 Å². The summed E-state index contributed by atoms with van der Waals surface area (Å²) in [4.78, 5) is 19.7. The van der Waals surface area contributed by atoms with Gasteiger partial charge >= 0.3 is 6.09 Å². The number of hydrogen-bond donors (Lipinski definition) is 4. The predicted molar refractivity (Wildman–Crippen MR) is 156 cm³/mol. The van der Waals surface area contributed by atoms with Gasteiger partial charge in [-0.15, -0.1) is 0 Å². The Balaban J connectivity index is 1.16. The van der Waals surface area contributed by atoms with Crippen LogP contribution in [-0.4, -0.2) is 118 Å². The molecule has 2 saturated heterocycles. The van der Waals surface area contributed by atoms with Crippen LogP contribution in [0.15, 0.2) is 30.3 Å². The van der Waals surface area contributed by atoms with Crippen LogP contribution >= 0.6 is 0 Å². The average molecular weight is 574 g/mol. The SMILES string of the molecule is O=C(OCc1ccccc1)N(C(CO)CCCN1CCC2(CC2)C(O)C1)C(CO)CCCN1CCC2(CC2)C(O)C1. The molecule has 4 atom stereocenters. The van der Waals surface area contributed by atoms with Crippen molar-refractivity contribution in [3.8, 4) is 0 Å². The van der Waals surface area contributed by atoms with Crippen molar-refractivity contribution in [1.29, 1.82) is 0 Å². The molecule has 0 bridgehead atoms. The Morgan fingerprint density at radius 3 is 1.73 bits per heavy atom. The first-order chi connectivity index (χ1) is 19.9. The lowest BCUT2D eigenvalue weighted by molar-refractivity contribution is 0.000999. The normalized spacial score (nSPS) is 26.5. The first kappa shape index (κ1) is 30.7. The lowest BCUT2D eigenvalue weighted by Crippen LogP contribution is -2.51. The van der Waals surface area contributed by atoms with E-state index in [0.717, 1.165) is 83.1 Å². The number of benzene rings is 1. The van der Waals surface area contributed by atoms with Gasteiger partial charge in [0.2, 0.25) is 0 Å². The Labute approximate surface area is 245 Å². The number of nitrogens with zero attached hydrogens (tertiary/aromatic N) is 3. The Hall–Kier alpha value is -1.75. The number of hydrogen-bond acceptors (Lipinski definition) is 8. The highest BCUT2D eigenvalue weighted by Gasteiger charge is 2.52. The van der Waals surface area contributed by atoms with E-state index < -0.39 is 18.2 Å². The number of carbonyl (C=O) groups is 1. The number of piperidine rings is 2. The molecule has 4 unspecified atom stereocenters. The van der Waals surface area contributed by atoms with E-state index in [-0.39, 0.29) is 42.9 Å². The largest absolute Gasteiger partial charge is 0.445 e. The van der Waals surface area contributed by atoms with Crippen LogP contribution in [0.1, 0.15) is 69.8 Å². The minimum atomic E-state index is -0.514. The number of carbonyl (C=O) groups excluding carboxylic acids is 1. The molecular formula is C32H51N3O6. The van der Waals surface area contributed by atoms with Gasteiger partial charge in [-0.1, -0.05) is 30.3 Å². The summed E-state index contributed by atoms with van der Waals surface area (Å²) in [5, 5.41) is 42.0. The molecule has 2 heterocycles. The van der Waals surface area contributed by atoms with Crippen LogP contribution in [0.3, 0.4) is 0 Å². The molecule has 1 aromatic rings. The zero-order chi connectivity index (χ0) is 28.9. The number of aliphatic hydroxyl groups excluding tert-OH is 4. The Bertz CT molecular complexity index is 921. The monoisotopic (exact) mass is 573 g/mol. The van der Waals surface area contributed by atoms with Gasteiger partial charge in [0.05, 0.1) is 37.5 Å². The highest BCUT2D eigenvalue weighted by molar-refractivity contribution is 5.68. The summed E-state index contributed by atoms with van der Waals surface area (Å²) >= 11 is 0. The molecule has 230 valence electrons. The fraction of sp³-hybridized carbons (Fsp3) is 0.781. The molecular weight excluding hydrogens is 522 g/mol. The van der Waals surface area contributed by atoms with Crippen molar-refractivity contribution in [2.24, 2.45) is 10.8 Å². The van der Waals surface area contributed by atoms with E-state index in [1.54, 1.807) is 4.90 Å². The molecule has 0 aromatic heterocycles. The fourth-order valence-electron chi connectivity index (χ4n) is 7.18. The minimum absolute atomic E-state index is 0.132. The summed E-state index contributed by atoms with van der Waals surface area (Å²) in [7, 11) is 0. The molecule has 9 heteroatoms. The van der Waals surface area contributed by atoms with Crippen LogP contribution in [0, 0.1) is 10.8 Å². The van der Waals surface area contributed by atoms with Gasteiger partial charge in [-0.25, -0.2) is 4.79 Å². The number of likely N-dealkylation sites (tertiary alicyclic amines) is 2. The topological polar surface area (TPSA) is 117 Å². The van der Waals surface area contributed by atoms with E-state index in [4.69, 9.17) is 4.74 Å². The second kappa shape index (κ2) is 13.7. The molecule has 41 heavy (non-hydrogen) atoms. The highest BCUT2D eigenvalue weighted by atomic mass is 16.6. The van der Waals surface area contributed by atoms with Crippen LogP contribution in [0.4, 0.5) is 4.79 Å². The average Bonchev–Trinajstić information content (AvgIpc) is 3.92. The highest BCUT2D eigenvalue weighted by Crippen LogP contribution is 2.54. The van der Waals surface area contributed by atoms with Crippen molar-refractivity contribution in [3.63, 3.8) is 0 Å². The summed E-state index contributed by atoms with van der Waals surface area (Å²) in [6.07, 6.45) is 8.32. The zero-order valence-electron chi connectivity index (χ0n) is 24.6. The lowest BCUT2D eigenvalue weighted by Gasteiger charge is -2.39. The predicted octanol–water partition coefficient (Wildman–Crippen LogP) is 2.60. The summed E-state index contributed by atoms with van der Waals surface area (Å²) in [5.41, 5.74) is 1.23. The molecule has 4 fully saturated rings. The number of aliphatic hydroxyl groups is 4. The number of rotatable bonds is 14. The maximum atomic E-state index is 13.5. The van der Waals surface area contributed by atoms with Crippen LogP contribution in [0.5, 0.6) is 0 Å². The third-order valence-electron chi connectivity index (χ3n) is 10.6. The third-order valence-corrected chi connectivity index (χ3v) is 10.6. The maximum absolute atomic E-state index is 13.5. The smallest absolute Gasteiger partial charge is 0.410 e. The van der Waals surface area contributed by atoms with Gasteiger partial charge in [0.1, 0.15) is 6.61 Å². The molecule has 4 aliphatic rings. The van der Waals surface area contributed by atoms with Crippen molar-refractivity contribution in [1.82, 2.24) is 14.7 Å². The number of amides is 1. The van der Waals surface area contributed by atoms with E-state index in [1.165, 1.54) is 0 Å². The van der Waals surface area contributed by atoms with Crippen molar-refractivity contribution in [2.45, 2.75) is 95.1 Å². The van der Waals surface area contributed by atoms with E-state index >= 15 is 0 Å². The minimum Gasteiger partial charge on any atom is -0.445 e. The molecule has 2 saturated carbocycles. The Morgan fingerprint density at radius 1 is 0.829 bits per heavy atom. The third kappa shape index (κ3) is 7.61. The van der Waals surface area contributed by atoms with Crippen molar-refractivity contribution < 1.29 is 30.0 Å². The van der Waals surface area contributed by atoms with Crippen LogP contribution in [-0.2, 0) is 11.3 Å². The molecule has 2 aliphatic heterocycles. The van der Waals surface area contributed by atoms with Crippen LogP contribution in [0.2, 0.25) is 0 Å². The van der Waals surface area contributed by atoms with Gasteiger partial charge in [-0.05, 0) is 107 Å². The second-order valence-electron chi connectivity index (χ2n) is 13.3. The second-order valence-corrected chi connectivity index (χ2v) is 13.3. The van der Waals surface area contributed by atoms with Gasteiger partial charge < -0.3 is 35.0 Å². The summed E-state index contributed by atoms with van der Waals surface area (Å²) in [5.74, 6) is 0. The molecule has 1 aromatic carbocycles. The first-order valence-corrected chi connectivity index (χ1v) is 15.9. The van der Waals surface area contributed by atoms with E-state index in [9.17, 15) is 25.2 Å². The number of ether oxygens (including phenoxy) is 1. The lowest BCUT2D eigenvalue weighted by atomic mass is 9.90. The van der Waals surface area contributed by atoms with Crippen LogP contribution < -0.4 is 0 Å². The molecule has 9 nitrogen and oxygen atoms in total. The van der Waals surface area contributed by atoms with Crippen molar-refractivity contribution >= 4 is 6.09 Å². The summed E-state index contributed by atoms with van der Waals surface area (Å²) < 4.78 is 5.71. The molecule has 0 radical (unpaired) electrons. The van der Waals surface area contributed by atoms with Gasteiger partial charge in [0, 0.05) is 13.1 Å². The van der Waals surface area contributed by atoms with E-state index in [0.29, 0.717) is 25.9 Å². The van der Waals surface area contributed by atoms with Crippen molar-refractivity contribution in [3.05, 3.63) is 35.9 Å². The molecule has 1 amide bonds. The standard InChI is InChI=1S/C32H51N3O6/c36-22-26(8-4-16-33-18-14-31(10-11-31)28(38)20-33)35(30(40)41-24-25-6-2-1-3-7-25)27(23-37)9-5-17-34-19-15-32(12-13-32)29(39)21-34/h1-3,6-7,26-29,36-39H,4-5,8-24H2. The maximum Gasteiger partial charge on any atom is 0.410 e. The zero-order valence-corrected chi connectivity index (χ0v) is 24.6. The Morgan fingerprint density at radius 2 is 1.32 bits per heavy atom.